The largest absolute Gasteiger partial charge is 0.416 e. The smallest absolute Gasteiger partial charge is 0.295 e. The number of pyridine rings is 2. The molecule has 55 heavy (non-hydrogen) atoms. The number of aromatic nitrogens is 4. The van der Waals surface area contributed by atoms with Crippen molar-refractivity contribution in [2.45, 2.75) is 19.3 Å². The van der Waals surface area contributed by atoms with Crippen LogP contribution >= 0.6 is 22.6 Å². The average molecular weight is 849 g/mol. The fourth-order valence-corrected chi connectivity index (χ4v) is 7.07. The van der Waals surface area contributed by atoms with E-state index in [1.165, 1.54) is 17.0 Å². The predicted molar refractivity (Wildman–Crippen MR) is 202 cm³/mol. The first kappa shape index (κ1) is 35.4. The molecule has 2 aliphatic heterocycles. The molecule has 7 aromatic rings. The molecule has 0 N–H and O–H groups in total. The summed E-state index contributed by atoms with van der Waals surface area (Å²) >= 11 is 2.19. The third-order valence-electron chi connectivity index (χ3n) is 9.03. The standard InChI is InChI=1S/C25H14F3N3O2.C16H10IN3O2/c26-25(27,28)17-7-5-6-16(14-17)11-12-21-20(29-22-10-3-4-13-30(21)22)15-31-23(32)18-8-1-2-9-19(18)24(31)33;17-14-12(18-13-7-3-4-8-19(13)14)9-20-15(21)10-5-1-2-6-11(10)16(20)22/h1-10,13-14H,15H2;1-8H,9H2. The van der Waals surface area contributed by atoms with Crippen molar-refractivity contribution in [1.29, 1.82) is 0 Å². The van der Waals surface area contributed by atoms with E-state index in [4.69, 9.17) is 0 Å². The zero-order valence-corrected chi connectivity index (χ0v) is 30.4. The Balaban J connectivity index is 0.000000168. The number of carbonyl (C=O) groups excluding carboxylic acids is 4. The van der Waals surface area contributed by atoms with Gasteiger partial charge in [0, 0.05) is 18.0 Å². The van der Waals surface area contributed by atoms with Crippen LogP contribution in [0.5, 0.6) is 0 Å². The summed E-state index contributed by atoms with van der Waals surface area (Å²) in [6, 6.07) is 29.2. The highest BCUT2D eigenvalue weighted by Crippen LogP contribution is 2.30. The Morgan fingerprint density at radius 2 is 1.04 bits per heavy atom. The first-order chi connectivity index (χ1) is 26.5. The number of imide groups is 2. The number of hydrogen-bond acceptors (Lipinski definition) is 6. The van der Waals surface area contributed by atoms with Crippen LogP contribution in [-0.4, -0.2) is 52.2 Å². The first-order valence-corrected chi connectivity index (χ1v) is 17.7. The molecule has 0 unspecified atom stereocenters. The molecule has 4 amide bonds. The van der Waals surface area contributed by atoms with Crippen molar-refractivity contribution in [3.63, 3.8) is 0 Å². The second kappa shape index (κ2) is 14.0. The number of halogens is 4. The minimum atomic E-state index is -4.47. The van der Waals surface area contributed by atoms with Crippen LogP contribution in [0.15, 0.2) is 122 Å². The van der Waals surface area contributed by atoms with Gasteiger partial charge in [-0.15, -0.1) is 0 Å². The molecule has 270 valence electrons. The minimum absolute atomic E-state index is 0.110. The third-order valence-corrected chi connectivity index (χ3v) is 10.2. The zero-order valence-electron chi connectivity index (χ0n) is 28.3. The highest BCUT2D eigenvalue weighted by atomic mass is 127. The Kier molecular flexibility index (Phi) is 9.01. The number of benzene rings is 3. The lowest BCUT2D eigenvalue weighted by Crippen LogP contribution is -2.29. The van der Waals surface area contributed by atoms with Crippen LogP contribution in [0.3, 0.4) is 0 Å². The van der Waals surface area contributed by atoms with Crippen molar-refractivity contribution in [3.05, 3.63) is 176 Å². The minimum Gasteiger partial charge on any atom is -0.295 e. The van der Waals surface area contributed by atoms with Crippen molar-refractivity contribution in [2.24, 2.45) is 0 Å². The van der Waals surface area contributed by atoms with Gasteiger partial charge >= 0.3 is 6.18 Å². The molecule has 0 spiro atoms. The average Bonchev–Trinajstić information content (AvgIpc) is 3.86. The molecule has 0 saturated heterocycles. The second-order valence-electron chi connectivity index (χ2n) is 12.4. The monoisotopic (exact) mass is 848 g/mol. The first-order valence-electron chi connectivity index (χ1n) is 16.7. The van der Waals surface area contributed by atoms with E-state index in [-0.39, 0.29) is 30.5 Å². The molecule has 0 aliphatic carbocycles. The Morgan fingerprint density at radius 1 is 0.564 bits per heavy atom. The van der Waals surface area contributed by atoms with Gasteiger partial charge in [0.15, 0.2) is 0 Å². The molecule has 3 aromatic carbocycles. The molecule has 0 fully saturated rings. The molecular formula is C41H24F3IN6O4. The van der Waals surface area contributed by atoms with Gasteiger partial charge in [-0.2, -0.15) is 13.2 Å². The molecule has 0 radical (unpaired) electrons. The Labute approximate surface area is 324 Å². The van der Waals surface area contributed by atoms with E-state index >= 15 is 0 Å². The number of rotatable bonds is 4. The summed E-state index contributed by atoms with van der Waals surface area (Å²) in [4.78, 5) is 61.8. The highest BCUT2D eigenvalue weighted by molar-refractivity contribution is 14.1. The van der Waals surface area contributed by atoms with Gasteiger partial charge in [0.2, 0.25) is 0 Å². The molecule has 0 bridgehead atoms. The Hall–Kier alpha value is -6.60. The normalized spacial score (nSPS) is 13.5. The lowest BCUT2D eigenvalue weighted by atomic mass is 10.1. The molecule has 2 aliphatic rings. The van der Waals surface area contributed by atoms with Gasteiger partial charge < -0.3 is 0 Å². The van der Waals surface area contributed by atoms with E-state index in [0.717, 1.165) is 32.1 Å². The van der Waals surface area contributed by atoms with E-state index in [1.54, 1.807) is 77.3 Å². The van der Waals surface area contributed by atoms with Crippen LogP contribution in [0.25, 0.3) is 11.3 Å². The SMILES string of the molecule is O=C1c2ccccc2C(=O)N1Cc1nc2ccccn2c1C#Cc1cccc(C(F)(F)F)c1.O=C1c2ccccc2C(=O)N1Cc1nc2ccccn2c1I. The maximum absolute atomic E-state index is 13.0. The molecule has 9 rings (SSSR count). The van der Waals surface area contributed by atoms with Gasteiger partial charge in [0.25, 0.3) is 23.6 Å². The fraction of sp³-hybridized carbons (Fsp3) is 0.0732. The van der Waals surface area contributed by atoms with E-state index in [2.05, 4.69) is 44.4 Å². The number of hydrogen-bond donors (Lipinski definition) is 0. The lowest BCUT2D eigenvalue weighted by molar-refractivity contribution is -0.137. The summed E-state index contributed by atoms with van der Waals surface area (Å²) in [5, 5.41) is 0. The number of alkyl halides is 3. The van der Waals surface area contributed by atoms with Crippen molar-refractivity contribution >= 4 is 57.5 Å². The van der Waals surface area contributed by atoms with Crippen LogP contribution in [0.4, 0.5) is 13.2 Å². The van der Waals surface area contributed by atoms with Crippen molar-refractivity contribution in [3.8, 4) is 11.8 Å². The van der Waals surface area contributed by atoms with E-state index < -0.39 is 23.6 Å². The highest BCUT2D eigenvalue weighted by Gasteiger charge is 2.37. The summed E-state index contributed by atoms with van der Waals surface area (Å²) in [6.45, 7) is 0.0763. The van der Waals surface area contributed by atoms with E-state index in [1.807, 2.05) is 28.8 Å². The molecule has 4 aromatic heterocycles. The number of amides is 4. The van der Waals surface area contributed by atoms with Gasteiger partial charge in [-0.3, -0.25) is 37.8 Å². The van der Waals surface area contributed by atoms with Gasteiger partial charge in [0.05, 0.1) is 52.3 Å². The maximum atomic E-state index is 13.0. The number of carbonyl (C=O) groups is 4. The Morgan fingerprint density at radius 3 is 1.56 bits per heavy atom. The summed E-state index contributed by atoms with van der Waals surface area (Å²) in [7, 11) is 0. The second-order valence-corrected chi connectivity index (χ2v) is 13.4. The predicted octanol–water partition coefficient (Wildman–Crippen LogP) is 7.28. The van der Waals surface area contributed by atoms with Crippen molar-refractivity contribution in [1.82, 2.24) is 28.6 Å². The lowest BCUT2D eigenvalue weighted by Gasteiger charge is -2.12. The van der Waals surface area contributed by atoms with Gasteiger partial charge in [-0.25, -0.2) is 9.97 Å². The number of nitrogens with zero attached hydrogens (tertiary/aromatic N) is 6. The van der Waals surface area contributed by atoms with E-state index in [9.17, 15) is 32.3 Å². The topological polar surface area (TPSA) is 109 Å². The van der Waals surface area contributed by atoms with Gasteiger partial charge in [0.1, 0.15) is 20.7 Å². The van der Waals surface area contributed by atoms with Crippen LogP contribution < -0.4 is 0 Å². The zero-order chi connectivity index (χ0) is 38.4. The van der Waals surface area contributed by atoms with Crippen LogP contribution in [0.1, 0.15) is 69.6 Å². The number of imidazole rings is 2. The molecule has 0 atom stereocenters. The van der Waals surface area contributed by atoms with Gasteiger partial charge in [-0.05, 0) is 95.2 Å². The molecular weight excluding hydrogens is 824 g/mol. The van der Waals surface area contributed by atoms with Crippen LogP contribution in [-0.2, 0) is 19.3 Å². The van der Waals surface area contributed by atoms with Crippen LogP contribution in [0, 0.1) is 15.5 Å². The summed E-state index contributed by atoms with van der Waals surface area (Å²) in [5.74, 6) is 4.28. The van der Waals surface area contributed by atoms with Gasteiger partial charge in [-0.1, -0.05) is 48.4 Å². The molecule has 10 nitrogen and oxygen atoms in total. The summed E-state index contributed by atoms with van der Waals surface area (Å²) in [5.41, 5.74) is 3.79. The van der Waals surface area contributed by atoms with Crippen molar-refractivity contribution in [2.75, 3.05) is 0 Å². The van der Waals surface area contributed by atoms with Crippen LogP contribution in [0.2, 0.25) is 0 Å². The molecule has 0 saturated carbocycles. The third kappa shape index (κ3) is 6.52. The maximum Gasteiger partial charge on any atom is 0.416 e. The molecule has 6 heterocycles. The Bertz CT molecular complexity index is 2730. The quantitative estimate of drug-likeness (QED) is 0.105. The fourth-order valence-electron chi connectivity index (χ4n) is 6.37. The summed E-state index contributed by atoms with van der Waals surface area (Å²) in [6.07, 6.45) is -0.849. The molecule has 14 heteroatoms. The number of fused-ring (bicyclic) bond motifs is 4. The van der Waals surface area contributed by atoms with E-state index in [0.29, 0.717) is 39.3 Å². The summed E-state index contributed by atoms with van der Waals surface area (Å²) < 4.78 is 43.6. The van der Waals surface area contributed by atoms with Crippen molar-refractivity contribution < 1.29 is 32.3 Å².